The Bertz CT molecular complexity index is 1180. The van der Waals surface area contributed by atoms with E-state index >= 15 is 0 Å². The zero-order valence-electron chi connectivity index (χ0n) is 15.7. The van der Waals surface area contributed by atoms with Gasteiger partial charge in [0.05, 0.1) is 12.2 Å². The van der Waals surface area contributed by atoms with Gasteiger partial charge in [0.25, 0.3) is 11.3 Å². The molecule has 9 nitrogen and oxygen atoms in total. The summed E-state index contributed by atoms with van der Waals surface area (Å²) in [6.07, 6.45) is 2.03. The predicted molar refractivity (Wildman–Crippen MR) is 111 cm³/mol. The van der Waals surface area contributed by atoms with E-state index in [1.807, 2.05) is 17.5 Å². The third-order valence-corrected chi connectivity index (χ3v) is 5.22. The highest BCUT2D eigenvalue weighted by Crippen LogP contribution is 2.12. The van der Waals surface area contributed by atoms with Crippen LogP contribution in [-0.4, -0.2) is 30.5 Å². The third-order valence-electron chi connectivity index (χ3n) is 4.34. The Kier molecular flexibility index (Phi) is 5.34. The summed E-state index contributed by atoms with van der Waals surface area (Å²) < 4.78 is 1.30. The highest BCUT2D eigenvalue weighted by atomic mass is 32.1. The fourth-order valence-corrected chi connectivity index (χ4v) is 3.53. The number of amides is 1. The molecule has 4 heterocycles. The van der Waals surface area contributed by atoms with Crippen molar-refractivity contribution in [3.05, 3.63) is 68.4 Å². The first kappa shape index (κ1) is 18.8. The van der Waals surface area contributed by atoms with Crippen LogP contribution in [0.15, 0.2) is 46.7 Å². The molecule has 1 amide bonds. The van der Waals surface area contributed by atoms with Gasteiger partial charge in [-0.2, -0.15) is 9.50 Å². The molecule has 0 atom stereocenters. The summed E-state index contributed by atoms with van der Waals surface area (Å²) >= 11 is 1.64. The first-order valence-electron chi connectivity index (χ1n) is 9.05. The normalized spacial score (nSPS) is 10.9. The van der Waals surface area contributed by atoms with Crippen molar-refractivity contribution < 1.29 is 4.79 Å². The molecule has 148 valence electrons. The third kappa shape index (κ3) is 4.32. The maximum atomic E-state index is 12.8. The smallest absolute Gasteiger partial charge is 0.277 e. The average molecular weight is 409 g/mol. The van der Waals surface area contributed by atoms with Gasteiger partial charge in [0, 0.05) is 23.1 Å². The van der Waals surface area contributed by atoms with Crippen molar-refractivity contribution in [1.29, 1.82) is 0 Å². The van der Waals surface area contributed by atoms with Gasteiger partial charge in [-0.05, 0) is 36.9 Å². The summed E-state index contributed by atoms with van der Waals surface area (Å²) in [5.74, 6) is 1.03. The number of thiophene rings is 1. The quantitative estimate of drug-likeness (QED) is 0.431. The van der Waals surface area contributed by atoms with Crippen molar-refractivity contribution in [2.45, 2.75) is 26.3 Å². The lowest BCUT2D eigenvalue weighted by Gasteiger charge is -2.06. The van der Waals surface area contributed by atoms with Crippen molar-refractivity contribution in [2.75, 3.05) is 10.6 Å². The zero-order valence-corrected chi connectivity index (χ0v) is 16.5. The Morgan fingerprint density at radius 2 is 2.14 bits per heavy atom. The van der Waals surface area contributed by atoms with Crippen LogP contribution in [-0.2, 0) is 17.8 Å². The minimum absolute atomic E-state index is 0.151. The molecule has 4 aromatic heterocycles. The Balaban J connectivity index is 1.47. The molecule has 0 bridgehead atoms. The maximum Gasteiger partial charge on any atom is 0.277 e. The van der Waals surface area contributed by atoms with Crippen LogP contribution in [0.3, 0.4) is 0 Å². The summed E-state index contributed by atoms with van der Waals surface area (Å²) in [6, 6.07) is 9.27. The number of carbonyl (C=O) groups is 1. The second-order valence-electron chi connectivity index (χ2n) is 6.38. The Morgan fingerprint density at radius 1 is 1.24 bits per heavy atom. The Morgan fingerprint density at radius 3 is 2.90 bits per heavy atom. The van der Waals surface area contributed by atoms with Gasteiger partial charge in [-0.3, -0.25) is 14.7 Å². The molecule has 0 spiro atoms. The van der Waals surface area contributed by atoms with Crippen LogP contribution in [0, 0.1) is 6.92 Å². The second kappa shape index (κ2) is 8.23. The number of pyridine rings is 1. The van der Waals surface area contributed by atoms with Gasteiger partial charge >= 0.3 is 0 Å². The van der Waals surface area contributed by atoms with Crippen LogP contribution in [0.1, 0.15) is 22.6 Å². The maximum absolute atomic E-state index is 12.8. The summed E-state index contributed by atoms with van der Waals surface area (Å²) in [5.41, 5.74) is 0.791. The minimum atomic E-state index is -0.255. The Labute approximate surface area is 169 Å². The van der Waals surface area contributed by atoms with Crippen LogP contribution in [0.4, 0.5) is 11.8 Å². The number of H-pyrrole nitrogens is 1. The first-order valence-corrected chi connectivity index (χ1v) is 9.93. The van der Waals surface area contributed by atoms with E-state index < -0.39 is 0 Å². The fourth-order valence-electron chi connectivity index (χ4n) is 2.89. The topological polar surface area (TPSA) is 117 Å². The number of fused-ring (bicyclic) bond motifs is 1. The molecular weight excluding hydrogens is 390 g/mol. The second-order valence-corrected chi connectivity index (χ2v) is 7.42. The molecule has 4 rings (SSSR count). The first-order chi connectivity index (χ1) is 14.1. The molecule has 29 heavy (non-hydrogen) atoms. The van der Waals surface area contributed by atoms with E-state index in [0.717, 1.165) is 4.88 Å². The summed E-state index contributed by atoms with van der Waals surface area (Å²) in [5, 5.41) is 10.8. The van der Waals surface area contributed by atoms with Crippen LogP contribution in [0.5, 0.6) is 0 Å². The van der Waals surface area contributed by atoms with E-state index in [2.05, 4.69) is 30.7 Å². The number of aromatic amines is 1. The molecule has 10 heteroatoms. The summed E-state index contributed by atoms with van der Waals surface area (Å²) in [6.45, 7) is 2.35. The van der Waals surface area contributed by atoms with E-state index in [4.69, 9.17) is 0 Å². The van der Waals surface area contributed by atoms with Crippen LogP contribution >= 0.6 is 11.3 Å². The average Bonchev–Trinajstić information content (AvgIpc) is 3.36. The van der Waals surface area contributed by atoms with E-state index in [1.165, 1.54) is 4.52 Å². The largest absolute Gasteiger partial charge is 0.350 e. The molecule has 0 aliphatic heterocycles. The highest BCUT2D eigenvalue weighted by Gasteiger charge is 2.15. The fraction of sp³-hybridized carbons (Fsp3) is 0.211. The number of anilines is 2. The van der Waals surface area contributed by atoms with E-state index in [1.54, 1.807) is 42.7 Å². The van der Waals surface area contributed by atoms with E-state index in [-0.39, 0.29) is 24.3 Å². The number of hydrogen-bond acceptors (Lipinski definition) is 7. The minimum Gasteiger partial charge on any atom is -0.350 e. The molecule has 0 aromatic carbocycles. The molecule has 4 aromatic rings. The molecule has 0 unspecified atom stereocenters. The number of carbonyl (C=O) groups excluding carboxylic acids is 1. The summed E-state index contributed by atoms with van der Waals surface area (Å²) in [4.78, 5) is 39.0. The monoisotopic (exact) mass is 409 g/mol. The van der Waals surface area contributed by atoms with Gasteiger partial charge in [0.15, 0.2) is 0 Å². The molecule has 0 radical (unpaired) electrons. The Hall–Kier alpha value is -3.53. The molecular formula is C19H19N7O2S. The lowest BCUT2D eigenvalue weighted by molar-refractivity contribution is -0.116. The van der Waals surface area contributed by atoms with Gasteiger partial charge in [0.2, 0.25) is 11.9 Å². The van der Waals surface area contributed by atoms with Crippen LogP contribution in [0.2, 0.25) is 0 Å². The number of nitrogens with zero attached hydrogens (tertiary/aromatic N) is 4. The van der Waals surface area contributed by atoms with Gasteiger partial charge < -0.3 is 10.6 Å². The zero-order chi connectivity index (χ0) is 20.2. The van der Waals surface area contributed by atoms with E-state index in [0.29, 0.717) is 35.3 Å². The van der Waals surface area contributed by atoms with Gasteiger partial charge in [-0.25, -0.2) is 9.97 Å². The molecule has 0 aliphatic rings. The van der Waals surface area contributed by atoms with Crippen molar-refractivity contribution in [1.82, 2.24) is 24.6 Å². The van der Waals surface area contributed by atoms with Crippen molar-refractivity contribution in [2.24, 2.45) is 0 Å². The van der Waals surface area contributed by atoms with Crippen molar-refractivity contribution in [3.8, 4) is 0 Å². The molecule has 3 N–H and O–H groups in total. The number of nitrogens with one attached hydrogen (secondary N) is 3. The number of hydrogen-bond donors (Lipinski definition) is 3. The summed E-state index contributed by atoms with van der Waals surface area (Å²) in [7, 11) is 0. The van der Waals surface area contributed by atoms with Crippen LogP contribution < -0.4 is 16.2 Å². The van der Waals surface area contributed by atoms with Crippen LogP contribution in [0.25, 0.3) is 5.78 Å². The lowest BCUT2D eigenvalue weighted by Crippen LogP contribution is -2.23. The van der Waals surface area contributed by atoms with Crippen molar-refractivity contribution in [3.63, 3.8) is 0 Å². The number of aryl methyl sites for hydroxylation is 1. The van der Waals surface area contributed by atoms with Gasteiger partial charge in [-0.15, -0.1) is 11.3 Å². The van der Waals surface area contributed by atoms with Gasteiger partial charge in [-0.1, -0.05) is 12.1 Å². The lowest BCUT2D eigenvalue weighted by atomic mass is 10.1. The predicted octanol–water partition coefficient (Wildman–Crippen LogP) is 2.37. The van der Waals surface area contributed by atoms with Crippen molar-refractivity contribution >= 4 is 34.8 Å². The molecule has 0 aliphatic carbocycles. The molecule has 0 fully saturated rings. The molecule has 0 saturated carbocycles. The van der Waals surface area contributed by atoms with E-state index in [9.17, 15) is 9.59 Å². The number of aromatic nitrogens is 5. The standard InChI is InChI=1S/C19H19N7O2S/c1-12-14(7-8-16(27)23-15-6-2-3-9-20-15)17(28)26-19(22-12)24-18(25-26)21-11-13-5-4-10-29-13/h2-6,9-10H,7-8,11H2,1H3,(H,20,23,27)(H2,21,22,24,25). The molecule has 0 saturated heterocycles. The van der Waals surface area contributed by atoms with Gasteiger partial charge in [0.1, 0.15) is 5.82 Å². The highest BCUT2D eigenvalue weighted by molar-refractivity contribution is 7.09. The SMILES string of the molecule is Cc1nc2nc(NCc3cccs3)[nH]n2c(=O)c1CCC(=O)Nc1ccccn1. The number of rotatable bonds is 7.